The summed E-state index contributed by atoms with van der Waals surface area (Å²) in [5.41, 5.74) is 8.10. The van der Waals surface area contributed by atoms with Crippen LogP contribution >= 0.6 is 0 Å². The van der Waals surface area contributed by atoms with E-state index in [0.29, 0.717) is 0 Å². The standard InChI is InChI=1S/C28H20.C6H5.Li.Sn/c1-5-13-23(14-6-1)21-27(25-17-9-3-10-18-25)28(26-19-11-4-12-20-26)22-24-15-7-2-8-16-24;1-2-4-6-5-3-1;;/h1-20H;1-5H;;. The number of hydrogen-bond donors (Lipinski definition) is 0. The molecule has 6 rings (SSSR count). The van der Waals surface area contributed by atoms with Gasteiger partial charge in [0.15, 0.2) is 0 Å². The third-order valence-corrected chi connectivity index (χ3v) is 15.1. The van der Waals surface area contributed by atoms with Crippen LogP contribution in [0.5, 0.6) is 0 Å². The predicted molar refractivity (Wildman–Crippen MR) is 157 cm³/mol. The summed E-state index contributed by atoms with van der Waals surface area (Å²) in [4.78, 5) is 0. The van der Waals surface area contributed by atoms with Crippen molar-refractivity contribution in [1.29, 1.82) is 0 Å². The van der Waals surface area contributed by atoms with Gasteiger partial charge in [0.25, 0.3) is 0 Å². The van der Waals surface area contributed by atoms with Crippen LogP contribution in [0.25, 0.3) is 18.3 Å². The molecule has 1 heterocycles. The summed E-state index contributed by atoms with van der Waals surface area (Å²) >= 11 is -2.62. The van der Waals surface area contributed by atoms with Gasteiger partial charge in [-0.15, -0.1) is 0 Å². The second-order valence-corrected chi connectivity index (χ2v) is 15.3. The Kier molecular flexibility index (Phi) is 7.78. The van der Waals surface area contributed by atoms with Crippen LogP contribution in [-0.2, 0) is 0 Å². The zero-order valence-corrected chi connectivity index (χ0v) is 23.3. The van der Waals surface area contributed by atoms with Crippen molar-refractivity contribution >= 4 is 60.5 Å². The molecule has 1 aliphatic heterocycles. The molecule has 0 fully saturated rings. The number of rotatable bonds is 5. The Hall–Kier alpha value is -3.02. The molecule has 36 heavy (non-hydrogen) atoms. The number of allylic oxidation sites excluding steroid dienone is 2. The van der Waals surface area contributed by atoms with E-state index in [4.69, 9.17) is 0 Å². The molecule has 0 aromatic heterocycles. The van der Waals surface area contributed by atoms with Gasteiger partial charge in [0.05, 0.1) is 0 Å². The minimum atomic E-state index is -2.62. The fourth-order valence-corrected chi connectivity index (χ4v) is 14.5. The molecule has 0 atom stereocenters. The summed E-state index contributed by atoms with van der Waals surface area (Å²) in [5, 5.41) is 0. The van der Waals surface area contributed by atoms with Crippen molar-refractivity contribution in [3.63, 3.8) is 0 Å². The van der Waals surface area contributed by atoms with Gasteiger partial charge >= 0.3 is 216 Å². The van der Waals surface area contributed by atoms with Crippen LogP contribution in [0.15, 0.2) is 152 Å². The minimum absolute atomic E-state index is 0. The molecular weight excluding hydrogens is 534 g/mol. The first-order valence-electron chi connectivity index (χ1n) is 12.1. The van der Waals surface area contributed by atoms with Crippen molar-refractivity contribution in [3.05, 3.63) is 174 Å². The van der Waals surface area contributed by atoms with Gasteiger partial charge in [0.2, 0.25) is 0 Å². The third kappa shape index (κ3) is 4.70. The molecule has 1 aliphatic rings. The summed E-state index contributed by atoms with van der Waals surface area (Å²) in [5.74, 6) is 0. The van der Waals surface area contributed by atoms with E-state index in [1.807, 2.05) is 0 Å². The van der Waals surface area contributed by atoms with Crippen molar-refractivity contribution in [2.24, 2.45) is 0 Å². The Morgan fingerprint density at radius 1 is 0.306 bits per heavy atom. The summed E-state index contributed by atoms with van der Waals surface area (Å²) in [6.45, 7) is 0. The number of hydrogen-bond acceptors (Lipinski definition) is 0. The quantitative estimate of drug-likeness (QED) is 0.198. The topological polar surface area (TPSA) is 0 Å². The van der Waals surface area contributed by atoms with Crippen molar-refractivity contribution in [2.45, 2.75) is 0 Å². The first-order chi connectivity index (χ1) is 17.4. The third-order valence-electron chi connectivity index (χ3n) is 6.56. The Morgan fingerprint density at radius 2 is 0.583 bits per heavy atom. The molecular formula is C34H25LiSn. The zero-order chi connectivity index (χ0) is 23.5. The molecule has 0 nitrogen and oxygen atoms in total. The summed E-state index contributed by atoms with van der Waals surface area (Å²) < 4.78 is 4.62. The van der Waals surface area contributed by atoms with Crippen LogP contribution in [0.1, 0.15) is 22.3 Å². The van der Waals surface area contributed by atoms with Gasteiger partial charge in [0, 0.05) is 18.9 Å². The van der Waals surface area contributed by atoms with Crippen molar-refractivity contribution in [3.8, 4) is 0 Å². The maximum atomic E-state index is 2.36. The van der Waals surface area contributed by atoms with Crippen LogP contribution in [0.4, 0.5) is 0 Å². The SMILES string of the molecule is [Li].c1ccc(C2=[C](c3ccccc3)[Sn]([c]3ccccc3)[C](c3ccccc3)=C2c2ccccc2)cc1. The zero-order valence-electron chi connectivity index (χ0n) is 20.4. The molecule has 0 saturated carbocycles. The molecule has 0 saturated heterocycles. The number of benzene rings is 5. The molecule has 5 aromatic rings. The van der Waals surface area contributed by atoms with Gasteiger partial charge < -0.3 is 0 Å². The second-order valence-electron chi connectivity index (χ2n) is 8.71. The van der Waals surface area contributed by atoms with Crippen LogP contribution in [-0.4, -0.2) is 38.6 Å². The van der Waals surface area contributed by atoms with E-state index in [1.165, 1.54) is 37.0 Å². The van der Waals surface area contributed by atoms with Gasteiger partial charge in [-0.25, -0.2) is 0 Å². The molecule has 0 bridgehead atoms. The van der Waals surface area contributed by atoms with Crippen molar-refractivity contribution in [2.75, 3.05) is 0 Å². The monoisotopic (exact) mass is 560 g/mol. The van der Waals surface area contributed by atoms with Gasteiger partial charge in [-0.05, 0) is 0 Å². The van der Waals surface area contributed by atoms with E-state index in [9.17, 15) is 0 Å². The Balaban J connectivity index is 0.00000267. The Bertz CT molecular complexity index is 1390. The average molecular weight is 559 g/mol. The first kappa shape index (κ1) is 24.7. The van der Waals surface area contributed by atoms with Crippen LogP contribution in [0.2, 0.25) is 0 Å². The van der Waals surface area contributed by atoms with Gasteiger partial charge in [-0.1, -0.05) is 0 Å². The predicted octanol–water partition coefficient (Wildman–Crippen LogP) is 7.32. The van der Waals surface area contributed by atoms with Crippen molar-refractivity contribution in [1.82, 2.24) is 0 Å². The molecule has 2 radical (unpaired) electrons. The fraction of sp³-hybridized carbons (Fsp3) is 0. The molecule has 0 spiro atoms. The van der Waals surface area contributed by atoms with Crippen LogP contribution < -0.4 is 3.58 Å². The van der Waals surface area contributed by atoms with E-state index in [1.54, 1.807) is 7.18 Å². The molecule has 0 amide bonds. The van der Waals surface area contributed by atoms with E-state index in [-0.39, 0.29) is 18.9 Å². The molecule has 0 aliphatic carbocycles. The summed E-state index contributed by atoms with van der Waals surface area (Å²) in [6.07, 6.45) is 0. The molecule has 0 unspecified atom stereocenters. The van der Waals surface area contributed by atoms with E-state index in [0.717, 1.165) is 0 Å². The molecule has 2 heteroatoms. The molecule has 0 N–H and O–H groups in total. The van der Waals surface area contributed by atoms with Crippen molar-refractivity contribution < 1.29 is 0 Å². The van der Waals surface area contributed by atoms with Gasteiger partial charge in [-0.3, -0.25) is 0 Å². The van der Waals surface area contributed by atoms with Crippen LogP contribution in [0.3, 0.4) is 0 Å². The average Bonchev–Trinajstić information content (AvgIpc) is 3.32. The second kappa shape index (κ2) is 11.4. The molecule has 5 aromatic carbocycles. The molecule has 166 valence electrons. The van der Waals surface area contributed by atoms with E-state index >= 15 is 0 Å². The van der Waals surface area contributed by atoms with Gasteiger partial charge in [-0.2, -0.15) is 0 Å². The Morgan fingerprint density at radius 3 is 0.917 bits per heavy atom. The Labute approximate surface area is 233 Å². The first-order valence-corrected chi connectivity index (χ1v) is 16.3. The fourth-order valence-electron chi connectivity index (χ4n) is 5.09. The summed E-state index contributed by atoms with van der Waals surface area (Å²) in [6, 6.07) is 55.4. The summed E-state index contributed by atoms with van der Waals surface area (Å²) in [7, 11) is 0. The van der Waals surface area contributed by atoms with Crippen LogP contribution in [0, 0.1) is 0 Å². The van der Waals surface area contributed by atoms with Gasteiger partial charge in [0.1, 0.15) is 0 Å². The maximum absolute atomic E-state index is 2.62. The van der Waals surface area contributed by atoms with E-state index < -0.39 is 19.8 Å². The van der Waals surface area contributed by atoms with E-state index in [2.05, 4.69) is 152 Å². The normalized spacial score (nSPS) is 13.6.